The molecular formula is C11H13Cl2NO3. The number of nitrogens with one attached hydrogen (secondary N) is 1. The van der Waals surface area contributed by atoms with Crippen LogP contribution >= 0.6 is 23.2 Å². The Morgan fingerprint density at radius 2 is 1.88 bits per heavy atom. The lowest BCUT2D eigenvalue weighted by Gasteiger charge is -2.07. The van der Waals surface area contributed by atoms with Gasteiger partial charge < -0.3 is 9.47 Å². The van der Waals surface area contributed by atoms with Crippen molar-refractivity contribution in [3.8, 4) is 0 Å². The zero-order valence-electron chi connectivity index (χ0n) is 9.12. The molecule has 0 radical (unpaired) electrons. The summed E-state index contributed by atoms with van der Waals surface area (Å²) in [5.41, 5.74) is 0.626. The zero-order chi connectivity index (χ0) is 12.5. The molecule has 1 aromatic carbocycles. The van der Waals surface area contributed by atoms with Crippen LogP contribution in [0.15, 0.2) is 24.3 Å². The Bertz CT molecular complexity index is 343. The van der Waals surface area contributed by atoms with Crippen LogP contribution in [0.25, 0.3) is 0 Å². The van der Waals surface area contributed by atoms with Crippen molar-refractivity contribution >= 4 is 35.0 Å². The topological polar surface area (TPSA) is 47.6 Å². The van der Waals surface area contributed by atoms with Gasteiger partial charge in [0.15, 0.2) is 0 Å². The van der Waals surface area contributed by atoms with Crippen LogP contribution in [0.2, 0.25) is 5.02 Å². The van der Waals surface area contributed by atoms with Gasteiger partial charge in [-0.1, -0.05) is 11.6 Å². The molecule has 0 aliphatic heterocycles. The highest BCUT2D eigenvalue weighted by molar-refractivity contribution is 6.30. The van der Waals surface area contributed by atoms with Gasteiger partial charge in [0, 0.05) is 16.6 Å². The number of hydrogen-bond acceptors (Lipinski definition) is 3. The van der Waals surface area contributed by atoms with Gasteiger partial charge >= 0.3 is 6.09 Å². The standard InChI is InChI=1S/C11H13Cl2NO3/c12-5-6-16-7-8-17-11(15)14-10-3-1-9(13)2-4-10/h1-4H,5-8H2,(H,14,15). The van der Waals surface area contributed by atoms with Crippen LogP contribution in [-0.4, -0.2) is 31.8 Å². The van der Waals surface area contributed by atoms with Crippen molar-refractivity contribution in [2.75, 3.05) is 31.0 Å². The first-order chi connectivity index (χ1) is 8.22. The molecule has 0 unspecified atom stereocenters. The Balaban J connectivity index is 2.18. The lowest BCUT2D eigenvalue weighted by Crippen LogP contribution is -2.17. The lowest BCUT2D eigenvalue weighted by molar-refractivity contribution is 0.0859. The average Bonchev–Trinajstić information content (AvgIpc) is 2.32. The summed E-state index contributed by atoms with van der Waals surface area (Å²) >= 11 is 11.1. The molecule has 4 nitrogen and oxygen atoms in total. The van der Waals surface area contributed by atoms with Gasteiger partial charge in [0.25, 0.3) is 0 Å². The Morgan fingerprint density at radius 1 is 1.18 bits per heavy atom. The fourth-order valence-electron chi connectivity index (χ4n) is 1.04. The van der Waals surface area contributed by atoms with E-state index in [0.29, 0.717) is 29.8 Å². The molecule has 1 N–H and O–H groups in total. The molecular weight excluding hydrogens is 265 g/mol. The fraction of sp³-hybridized carbons (Fsp3) is 0.364. The highest BCUT2D eigenvalue weighted by atomic mass is 35.5. The molecule has 0 saturated heterocycles. The smallest absolute Gasteiger partial charge is 0.411 e. The highest BCUT2D eigenvalue weighted by Crippen LogP contribution is 2.13. The summed E-state index contributed by atoms with van der Waals surface area (Å²) in [6.45, 7) is 0.973. The number of anilines is 1. The van der Waals surface area contributed by atoms with Crippen LogP contribution < -0.4 is 5.32 Å². The van der Waals surface area contributed by atoms with Crippen molar-refractivity contribution in [3.05, 3.63) is 29.3 Å². The Hall–Kier alpha value is -0.970. The summed E-state index contributed by atoms with van der Waals surface area (Å²) in [6, 6.07) is 6.74. The van der Waals surface area contributed by atoms with E-state index in [1.165, 1.54) is 0 Å². The molecule has 0 bridgehead atoms. The predicted octanol–water partition coefficient (Wildman–Crippen LogP) is 3.14. The van der Waals surface area contributed by atoms with E-state index in [2.05, 4.69) is 5.32 Å². The molecule has 0 atom stereocenters. The normalized spacial score (nSPS) is 10.0. The number of rotatable bonds is 6. The van der Waals surface area contributed by atoms with E-state index in [1.807, 2.05) is 0 Å². The molecule has 0 aliphatic rings. The minimum atomic E-state index is -0.526. The number of carbonyl (C=O) groups is 1. The zero-order valence-corrected chi connectivity index (χ0v) is 10.6. The van der Waals surface area contributed by atoms with Gasteiger partial charge in [-0.15, -0.1) is 11.6 Å². The van der Waals surface area contributed by atoms with E-state index >= 15 is 0 Å². The van der Waals surface area contributed by atoms with Gasteiger partial charge in [0.2, 0.25) is 0 Å². The van der Waals surface area contributed by atoms with Gasteiger partial charge in [-0.2, -0.15) is 0 Å². The predicted molar refractivity (Wildman–Crippen MR) is 68.0 cm³/mol. The minimum Gasteiger partial charge on any atom is -0.447 e. The molecule has 1 rings (SSSR count). The number of hydrogen-bond donors (Lipinski definition) is 1. The number of alkyl halides is 1. The average molecular weight is 278 g/mol. The van der Waals surface area contributed by atoms with E-state index in [9.17, 15) is 4.79 Å². The molecule has 0 aliphatic carbocycles. The maximum atomic E-state index is 11.3. The summed E-state index contributed by atoms with van der Waals surface area (Å²) in [5, 5.41) is 3.17. The summed E-state index contributed by atoms with van der Waals surface area (Å²) in [6.07, 6.45) is -0.526. The van der Waals surface area contributed by atoms with Gasteiger partial charge in [0.05, 0.1) is 13.2 Å². The molecule has 1 aromatic rings. The third-order valence-corrected chi connectivity index (χ3v) is 2.18. The van der Waals surface area contributed by atoms with E-state index in [-0.39, 0.29) is 6.61 Å². The van der Waals surface area contributed by atoms with E-state index in [1.54, 1.807) is 24.3 Å². The van der Waals surface area contributed by atoms with E-state index in [4.69, 9.17) is 32.7 Å². The van der Waals surface area contributed by atoms with Crippen LogP contribution in [0, 0.1) is 0 Å². The molecule has 0 aromatic heterocycles. The Morgan fingerprint density at radius 3 is 2.53 bits per heavy atom. The summed E-state index contributed by atoms with van der Waals surface area (Å²) in [5.74, 6) is 0.428. The molecule has 94 valence electrons. The number of halogens is 2. The molecule has 0 heterocycles. The third-order valence-electron chi connectivity index (χ3n) is 1.77. The first kappa shape index (κ1) is 14.1. The van der Waals surface area contributed by atoms with Crippen molar-refractivity contribution in [3.63, 3.8) is 0 Å². The van der Waals surface area contributed by atoms with E-state index in [0.717, 1.165) is 0 Å². The lowest BCUT2D eigenvalue weighted by atomic mass is 10.3. The van der Waals surface area contributed by atoms with Crippen LogP contribution in [0.3, 0.4) is 0 Å². The van der Waals surface area contributed by atoms with Gasteiger partial charge in [-0.05, 0) is 24.3 Å². The second-order valence-corrected chi connectivity index (χ2v) is 3.88. The fourth-order valence-corrected chi connectivity index (χ4v) is 1.27. The van der Waals surface area contributed by atoms with Crippen molar-refractivity contribution in [1.82, 2.24) is 0 Å². The van der Waals surface area contributed by atoms with Gasteiger partial charge in [-0.3, -0.25) is 5.32 Å². The highest BCUT2D eigenvalue weighted by Gasteiger charge is 2.02. The van der Waals surface area contributed by atoms with Crippen LogP contribution in [0.1, 0.15) is 0 Å². The molecule has 0 saturated carbocycles. The third kappa shape index (κ3) is 6.36. The van der Waals surface area contributed by atoms with Gasteiger partial charge in [0.1, 0.15) is 6.61 Å². The van der Waals surface area contributed by atoms with Crippen LogP contribution in [-0.2, 0) is 9.47 Å². The monoisotopic (exact) mass is 277 g/mol. The molecule has 6 heteroatoms. The minimum absolute atomic E-state index is 0.191. The quantitative estimate of drug-likeness (QED) is 0.642. The van der Waals surface area contributed by atoms with Crippen LogP contribution in [0.5, 0.6) is 0 Å². The summed E-state index contributed by atoms with van der Waals surface area (Å²) in [4.78, 5) is 11.3. The number of amides is 1. The first-order valence-electron chi connectivity index (χ1n) is 5.05. The maximum absolute atomic E-state index is 11.3. The maximum Gasteiger partial charge on any atom is 0.411 e. The van der Waals surface area contributed by atoms with Gasteiger partial charge in [-0.25, -0.2) is 4.79 Å². The van der Waals surface area contributed by atoms with E-state index < -0.39 is 6.09 Å². The van der Waals surface area contributed by atoms with Crippen molar-refractivity contribution in [2.24, 2.45) is 0 Å². The molecule has 1 amide bonds. The molecule has 17 heavy (non-hydrogen) atoms. The van der Waals surface area contributed by atoms with Crippen molar-refractivity contribution in [2.45, 2.75) is 0 Å². The second-order valence-electron chi connectivity index (χ2n) is 3.07. The number of ether oxygens (including phenoxy) is 2. The molecule has 0 spiro atoms. The van der Waals surface area contributed by atoms with Crippen LogP contribution in [0.4, 0.5) is 10.5 Å². The summed E-state index contributed by atoms with van der Waals surface area (Å²) in [7, 11) is 0. The van der Waals surface area contributed by atoms with Crippen molar-refractivity contribution < 1.29 is 14.3 Å². The Kier molecular flexibility index (Phi) is 6.77. The second kappa shape index (κ2) is 8.17. The largest absolute Gasteiger partial charge is 0.447 e. The van der Waals surface area contributed by atoms with Crippen molar-refractivity contribution in [1.29, 1.82) is 0 Å². The number of carbonyl (C=O) groups excluding carboxylic acids is 1. The number of benzene rings is 1. The molecule has 0 fully saturated rings. The SMILES string of the molecule is O=C(Nc1ccc(Cl)cc1)OCCOCCCl. The Labute approximate surface area is 110 Å². The first-order valence-corrected chi connectivity index (χ1v) is 5.96. The summed E-state index contributed by atoms with van der Waals surface area (Å²) < 4.78 is 9.92.